The van der Waals surface area contributed by atoms with Gasteiger partial charge in [0.05, 0.1) is 7.11 Å². The first-order chi connectivity index (χ1) is 8.19. The smallest absolute Gasteiger partial charge is 0.161 e. The van der Waals surface area contributed by atoms with E-state index in [1.807, 2.05) is 12.2 Å². The van der Waals surface area contributed by atoms with Gasteiger partial charge in [-0.15, -0.1) is 0 Å². The van der Waals surface area contributed by atoms with Crippen LogP contribution in [0.1, 0.15) is 17.3 Å². The Kier molecular flexibility index (Phi) is 5.77. The molecule has 0 bridgehead atoms. The molecular weight excluding hydrogens is 284 g/mol. The minimum absolute atomic E-state index is 0.00837. The molecule has 0 aliphatic carbocycles. The SMILES string of the molecule is COc1cc(C(C)=O)ccc1OC/C=C/CBr. The Morgan fingerprint density at radius 1 is 1.35 bits per heavy atom. The topological polar surface area (TPSA) is 35.5 Å². The van der Waals surface area contributed by atoms with Crippen molar-refractivity contribution in [2.45, 2.75) is 6.92 Å². The largest absolute Gasteiger partial charge is 0.493 e. The Morgan fingerprint density at radius 2 is 2.12 bits per heavy atom. The number of carbonyl (C=O) groups is 1. The lowest BCUT2D eigenvalue weighted by atomic mass is 10.1. The summed E-state index contributed by atoms with van der Waals surface area (Å²) < 4.78 is 10.7. The van der Waals surface area contributed by atoms with Crippen LogP contribution in [0, 0.1) is 0 Å². The number of ether oxygens (including phenoxy) is 2. The van der Waals surface area contributed by atoms with Crippen LogP contribution in [0.2, 0.25) is 0 Å². The summed E-state index contributed by atoms with van der Waals surface area (Å²) in [6.07, 6.45) is 3.86. The van der Waals surface area contributed by atoms with Gasteiger partial charge < -0.3 is 9.47 Å². The summed E-state index contributed by atoms with van der Waals surface area (Å²) in [4.78, 5) is 11.2. The molecule has 0 fully saturated rings. The van der Waals surface area contributed by atoms with Crippen molar-refractivity contribution < 1.29 is 14.3 Å². The third-order valence-corrected chi connectivity index (χ3v) is 2.53. The lowest BCUT2D eigenvalue weighted by Crippen LogP contribution is -1.99. The van der Waals surface area contributed by atoms with Gasteiger partial charge in [0.2, 0.25) is 0 Å². The molecule has 0 saturated heterocycles. The monoisotopic (exact) mass is 298 g/mol. The minimum atomic E-state index is 0.00837. The predicted octanol–water partition coefficient (Wildman–Crippen LogP) is 3.23. The molecule has 0 amide bonds. The van der Waals surface area contributed by atoms with E-state index in [4.69, 9.17) is 9.47 Å². The van der Waals surface area contributed by atoms with Gasteiger partial charge in [0.1, 0.15) is 6.61 Å². The maximum Gasteiger partial charge on any atom is 0.161 e. The summed E-state index contributed by atoms with van der Waals surface area (Å²) in [5, 5.41) is 0.802. The van der Waals surface area contributed by atoms with E-state index in [9.17, 15) is 4.79 Å². The molecule has 0 heterocycles. The van der Waals surface area contributed by atoms with Crippen molar-refractivity contribution in [3.8, 4) is 11.5 Å². The zero-order valence-corrected chi connectivity index (χ0v) is 11.5. The van der Waals surface area contributed by atoms with Gasteiger partial charge in [-0.1, -0.05) is 28.1 Å². The van der Waals surface area contributed by atoms with Crippen molar-refractivity contribution >= 4 is 21.7 Å². The highest BCUT2D eigenvalue weighted by Crippen LogP contribution is 2.28. The number of ketones is 1. The quantitative estimate of drug-likeness (QED) is 0.459. The van der Waals surface area contributed by atoms with Crippen molar-refractivity contribution in [3.05, 3.63) is 35.9 Å². The Balaban J connectivity index is 2.78. The van der Waals surface area contributed by atoms with Gasteiger partial charge in [-0.2, -0.15) is 0 Å². The van der Waals surface area contributed by atoms with Crippen molar-refractivity contribution in [2.24, 2.45) is 0 Å². The Labute approximate surface area is 110 Å². The number of Topliss-reactive ketones (excluding diaryl/α,β-unsaturated/α-hetero) is 1. The number of hydrogen-bond donors (Lipinski definition) is 0. The van der Waals surface area contributed by atoms with Crippen LogP contribution in [0.15, 0.2) is 30.4 Å². The number of allylic oxidation sites excluding steroid dienone is 1. The molecule has 92 valence electrons. The van der Waals surface area contributed by atoms with E-state index in [2.05, 4.69) is 15.9 Å². The average Bonchev–Trinajstić information content (AvgIpc) is 2.34. The summed E-state index contributed by atoms with van der Waals surface area (Å²) in [5.74, 6) is 1.22. The van der Waals surface area contributed by atoms with Crippen molar-refractivity contribution in [1.82, 2.24) is 0 Å². The number of benzene rings is 1. The summed E-state index contributed by atoms with van der Waals surface area (Å²) in [6, 6.07) is 5.16. The first-order valence-electron chi connectivity index (χ1n) is 5.21. The molecule has 0 atom stereocenters. The molecule has 0 radical (unpaired) electrons. The second-order valence-electron chi connectivity index (χ2n) is 3.36. The summed E-state index contributed by atoms with van der Waals surface area (Å²) in [6.45, 7) is 2.00. The lowest BCUT2D eigenvalue weighted by Gasteiger charge is -2.10. The molecule has 1 aromatic rings. The van der Waals surface area contributed by atoms with Crippen LogP contribution >= 0.6 is 15.9 Å². The predicted molar refractivity (Wildman–Crippen MR) is 71.4 cm³/mol. The molecule has 1 rings (SSSR count). The van der Waals surface area contributed by atoms with E-state index >= 15 is 0 Å². The van der Waals surface area contributed by atoms with Gasteiger partial charge in [-0.05, 0) is 25.1 Å². The van der Waals surface area contributed by atoms with Gasteiger partial charge in [-0.25, -0.2) is 0 Å². The van der Waals surface area contributed by atoms with E-state index in [-0.39, 0.29) is 5.78 Å². The van der Waals surface area contributed by atoms with Crippen LogP contribution in [-0.4, -0.2) is 24.8 Å². The number of alkyl halides is 1. The van der Waals surface area contributed by atoms with Gasteiger partial charge in [0.25, 0.3) is 0 Å². The normalized spacial score (nSPS) is 10.5. The maximum atomic E-state index is 11.2. The first-order valence-corrected chi connectivity index (χ1v) is 6.34. The molecule has 0 aliphatic rings. The van der Waals surface area contributed by atoms with Crippen molar-refractivity contribution in [2.75, 3.05) is 19.0 Å². The zero-order chi connectivity index (χ0) is 12.7. The highest BCUT2D eigenvalue weighted by Gasteiger charge is 2.07. The average molecular weight is 299 g/mol. The molecule has 0 aliphatic heterocycles. The van der Waals surface area contributed by atoms with Crippen LogP contribution in [-0.2, 0) is 0 Å². The molecule has 17 heavy (non-hydrogen) atoms. The highest BCUT2D eigenvalue weighted by atomic mass is 79.9. The highest BCUT2D eigenvalue weighted by molar-refractivity contribution is 9.09. The fraction of sp³-hybridized carbons (Fsp3) is 0.308. The van der Waals surface area contributed by atoms with Gasteiger partial charge >= 0.3 is 0 Å². The maximum absolute atomic E-state index is 11.2. The molecular formula is C13H15BrO3. The van der Waals surface area contributed by atoms with Gasteiger partial charge in [-0.3, -0.25) is 4.79 Å². The van der Waals surface area contributed by atoms with E-state index < -0.39 is 0 Å². The summed E-state index contributed by atoms with van der Waals surface area (Å²) >= 11 is 3.28. The van der Waals surface area contributed by atoms with Crippen LogP contribution < -0.4 is 9.47 Å². The zero-order valence-electron chi connectivity index (χ0n) is 9.90. The summed E-state index contributed by atoms with van der Waals surface area (Å²) in [7, 11) is 1.56. The van der Waals surface area contributed by atoms with Crippen molar-refractivity contribution in [3.63, 3.8) is 0 Å². The van der Waals surface area contributed by atoms with E-state index in [1.165, 1.54) is 6.92 Å². The van der Waals surface area contributed by atoms with Crippen LogP contribution in [0.3, 0.4) is 0 Å². The minimum Gasteiger partial charge on any atom is -0.493 e. The number of halogens is 1. The molecule has 0 saturated carbocycles. The molecule has 0 N–H and O–H groups in total. The van der Waals surface area contributed by atoms with E-state index in [1.54, 1.807) is 25.3 Å². The number of methoxy groups -OCH3 is 1. The van der Waals surface area contributed by atoms with Gasteiger partial charge in [0.15, 0.2) is 17.3 Å². The van der Waals surface area contributed by atoms with E-state index in [0.29, 0.717) is 23.7 Å². The number of carbonyl (C=O) groups excluding carboxylic acids is 1. The molecule has 3 nitrogen and oxygen atoms in total. The second-order valence-corrected chi connectivity index (χ2v) is 4.01. The Hall–Kier alpha value is -1.29. The first kappa shape index (κ1) is 13.8. The molecule has 0 aromatic heterocycles. The Morgan fingerprint density at radius 3 is 2.71 bits per heavy atom. The lowest BCUT2D eigenvalue weighted by molar-refractivity contribution is 0.101. The van der Waals surface area contributed by atoms with Gasteiger partial charge in [0, 0.05) is 10.9 Å². The second kappa shape index (κ2) is 7.12. The number of rotatable bonds is 6. The van der Waals surface area contributed by atoms with Crippen LogP contribution in [0.5, 0.6) is 11.5 Å². The fourth-order valence-electron chi connectivity index (χ4n) is 1.27. The number of hydrogen-bond acceptors (Lipinski definition) is 3. The third-order valence-electron chi connectivity index (χ3n) is 2.16. The van der Waals surface area contributed by atoms with Crippen molar-refractivity contribution in [1.29, 1.82) is 0 Å². The Bertz CT molecular complexity index is 413. The third kappa shape index (κ3) is 4.23. The fourth-order valence-corrected chi connectivity index (χ4v) is 1.54. The van der Waals surface area contributed by atoms with E-state index in [0.717, 1.165) is 5.33 Å². The van der Waals surface area contributed by atoms with Crippen LogP contribution in [0.25, 0.3) is 0 Å². The standard InChI is InChI=1S/C13H15BrO3/c1-10(15)11-5-6-12(13(9-11)16-2)17-8-4-3-7-14/h3-6,9H,7-8H2,1-2H3/b4-3+. The molecule has 4 heteroatoms. The summed E-state index contributed by atoms with van der Waals surface area (Å²) in [5.41, 5.74) is 0.616. The molecule has 0 spiro atoms. The molecule has 0 unspecified atom stereocenters. The molecule has 1 aromatic carbocycles. The van der Waals surface area contributed by atoms with Crippen LogP contribution in [0.4, 0.5) is 0 Å².